The number of ketones is 1. The molecule has 1 aliphatic rings. The van der Waals surface area contributed by atoms with Gasteiger partial charge in [-0.1, -0.05) is 44.6 Å². The van der Waals surface area contributed by atoms with E-state index < -0.39 is 23.6 Å². The number of rotatable bonds is 4. The lowest BCUT2D eigenvalue weighted by Gasteiger charge is -2.33. The van der Waals surface area contributed by atoms with Crippen LogP contribution in [0.25, 0.3) is 0 Å². The lowest BCUT2D eigenvalue weighted by atomic mass is 9.72. The van der Waals surface area contributed by atoms with Crippen LogP contribution in [0, 0.1) is 11.3 Å². The predicted octanol–water partition coefficient (Wildman–Crippen LogP) is 5.41. The zero-order valence-electron chi connectivity index (χ0n) is 14.9. The maximum Gasteiger partial charge on any atom is 0.416 e. The highest BCUT2D eigenvalue weighted by atomic mass is 19.4. The molecule has 0 aromatic heterocycles. The van der Waals surface area contributed by atoms with E-state index >= 15 is 0 Å². The number of benzene rings is 1. The smallest absolute Gasteiger partial charge is 0.385 e. The molecule has 0 heterocycles. The Morgan fingerprint density at radius 2 is 1.80 bits per heavy atom. The van der Waals surface area contributed by atoms with Gasteiger partial charge in [-0.05, 0) is 42.7 Å². The molecule has 25 heavy (non-hydrogen) atoms. The average molecular weight is 354 g/mol. The molecule has 5 heteroatoms. The van der Waals surface area contributed by atoms with E-state index in [4.69, 9.17) is 0 Å². The summed E-state index contributed by atoms with van der Waals surface area (Å²) in [4.78, 5) is 12.2. The number of hydrogen-bond acceptors (Lipinski definition) is 2. The summed E-state index contributed by atoms with van der Waals surface area (Å²) in [5.41, 5.74) is 0.580. The second-order valence-electron chi connectivity index (χ2n) is 7.86. The van der Waals surface area contributed by atoms with E-state index in [1.165, 1.54) is 0 Å². The number of halogens is 3. The Morgan fingerprint density at radius 1 is 1.20 bits per heavy atom. The van der Waals surface area contributed by atoms with Gasteiger partial charge in [0.05, 0.1) is 5.56 Å². The van der Waals surface area contributed by atoms with E-state index in [9.17, 15) is 23.1 Å². The van der Waals surface area contributed by atoms with Crippen molar-refractivity contribution in [3.05, 3.63) is 47.0 Å². The Hall–Kier alpha value is -1.62. The summed E-state index contributed by atoms with van der Waals surface area (Å²) in [5.74, 6) is 0.0478. The van der Waals surface area contributed by atoms with E-state index in [-0.39, 0.29) is 17.4 Å². The van der Waals surface area contributed by atoms with Crippen molar-refractivity contribution >= 4 is 5.78 Å². The van der Waals surface area contributed by atoms with E-state index in [1.54, 1.807) is 0 Å². The molecule has 1 aromatic carbocycles. The van der Waals surface area contributed by atoms with Gasteiger partial charge in [-0.25, -0.2) is 0 Å². The zero-order chi connectivity index (χ0) is 18.8. The summed E-state index contributed by atoms with van der Waals surface area (Å²) in [6, 6.07) is 3.99. The van der Waals surface area contributed by atoms with Crippen molar-refractivity contribution in [2.45, 2.75) is 58.7 Å². The monoisotopic (exact) mass is 354 g/mol. The van der Waals surface area contributed by atoms with Crippen molar-refractivity contribution in [2.24, 2.45) is 11.3 Å². The van der Waals surface area contributed by atoms with Crippen LogP contribution >= 0.6 is 0 Å². The van der Waals surface area contributed by atoms with Gasteiger partial charge in [0.1, 0.15) is 6.10 Å². The standard InChI is InChI=1S/C20H25F3O2/c1-19(2,3)15-8-4-13(5-9-15)12-17(24)18(25)14-6-10-16(11-7-14)20(21,22)23/h4,6-7,10-11,15,17,24H,5,8-9,12H2,1-3H3/t15-,17+/m1/s1. The number of aliphatic hydroxyl groups is 1. The van der Waals surface area contributed by atoms with E-state index in [2.05, 4.69) is 26.8 Å². The first-order valence-corrected chi connectivity index (χ1v) is 8.56. The third-order valence-electron chi connectivity index (χ3n) is 4.98. The SMILES string of the molecule is CC(C)(C)[C@@H]1CC=C(C[C@H](O)C(=O)c2ccc(C(F)(F)F)cc2)CC1. The van der Waals surface area contributed by atoms with Crippen LogP contribution in [-0.2, 0) is 6.18 Å². The molecule has 0 unspecified atom stereocenters. The van der Waals surface area contributed by atoms with Crippen LogP contribution in [0.3, 0.4) is 0 Å². The fourth-order valence-electron chi connectivity index (χ4n) is 3.22. The molecule has 138 valence electrons. The number of Topliss-reactive ketones (excluding diaryl/α,β-unsaturated/α-hetero) is 1. The van der Waals surface area contributed by atoms with Crippen LogP contribution < -0.4 is 0 Å². The van der Waals surface area contributed by atoms with Crippen LogP contribution in [0.15, 0.2) is 35.9 Å². The highest BCUT2D eigenvalue weighted by Crippen LogP contribution is 2.38. The molecule has 0 saturated heterocycles. The van der Waals surface area contributed by atoms with Crippen LogP contribution in [0.2, 0.25) is 0 Å². The summed E-state index contributed by atoms with van der Waals surface area (Å²) in [6.07, 6.45) is -0.500. The Labute approximate surface area is 146 Å². The summed E-state index contributed by atoms with van der Waals surface area (Å²) >= 11 is 0. The second-order valence-corrected chi connectivity index (χ2v) is 7.86. The van der Waals surface area contributed by atoms with Gasteiger partial charge in [0.25, 0.3) is 0 Å². The molecule has 2 rings (SSSR count). The Balaban J connectivity index is 1.98. The number of aliphatic hydroxyl groups excluding tert-OH is 1. The van der Waals surface area contributed by atoms with Gasteiger partial charge in [-0.15, -0.1) is 0 Å². The Bertz CT molecular complexity index is 636. The fraction of sp³-hybridized carbons (Fsp3) is 0.550. The largest absolute Gasteiger partial charge is 0.416 e. The normalized spacial score (nSPS) is 20.1. The zero-order valence-corrected chi connectivity index (χ0v) is 14.9. The van der Waals surface area contributed by atoms with Crippen molar-refractivity contribution in [3.8, 4) is 0 Å². The summed E-state index contributed by atoms with van der Waals surface area (Å²) < 4.78 is 37.7. The van der Waals surface area contributed by atoms with Gasteiger partial charge in [0.15, 0.2) is 5.78 Å². The fourth-order valence-corrected chi connectivity index (χ4v) is 3.22. The summed E-state index contributed by atoms with van der Waals surface area (Å²) in [6.45, 7) is 6.62. The van der Waals surface area contributed by atoms with E-state index in [0.717, 1.165) is 49.1 Å². The topological polar surface area (TPSA) is 37.3 Å². The number of allylic oxidation sites excluding steroid dienone is 1. The highest BCUT2D eigenvalue weighted by molar-refractivity contribution is 5.99. The van der Waals surface area contributed by atoms with Crippen molar-refractivity contribution < 1.29 is 23.1 Å². The van der Waals surface area contributed by atoms with E-state index in [0.29, 0.717) is 5.92 Å². The molecular weight excluding hydrogens is 329 g/mol. The number of carbonyl (C=O) groups excluding carboxylic acids is 1. The lowest BCUT2D eigenvalue weighted by Crippen LogP contribution is -2.25. The molecule has 1 N–H and O–H groups in total. The van der Waals surface area contributed by atoms with Crippen molar-refractivity contribution in [1.29, 1.82) is 0 Å². The molecule has 1 aliphatic carbocycles. The number of alkyl halides is 3. The second kappa shape index (κ2) is 7.32. The van der Waals surface area contributed by atoms with Gasteiger partial charge < -0.3 is 5.11 Å². The van der Waals surface area contributed by atoms with Gasteiger partial charge in [-0.3, -0.25) is 4.79 Å². The molecule has 0 spiro atoms. The minimum atomic E-state index is -4.43. The number of hydrogen-bond donors (Lipinski definition) is 1. The maximum atomic E-state index is 12.6. The van der Waals surface area contributed by atoms with Gasteiger partial charge >= 0.3 is 6.18 Å². The molecule has 0 fully saturated rings. The minimum absolute atomic E-state index is 0.101. The molecule has 0 amide bonds. The molecule has 0 saturated carbocycles. The average Bonchev–Trinajstić information content (AvgIpc) is 2.53. The summed E-state index contributed by atoms with van der Waals surface area (Å²) in [7, 11) is 0. The first kappa shape index (κ1) is 19.7. The molecule has 1 aromatic rings. The van der Waals surface area contributed by atoms with Crippen LogP contribution in [0.5, 0.6) is 0 Å². The first-order chi connectivity index (χ1) is 11.5. The van der Waals surface area contributed by atoms with Crippen LogP contribution in [0.4, 0.5) is 13.2 Å². The van der Waals surface area contributed by atoms with Gasteiger partial charge in [-0.2, -0.15) is 13.2 Å². The van der Waals surface area contributed by atoms with Gasteiger partial charge in [0.2, 0.25) is 0 Å². The van der Waals surface area contributed by atoms with Crippen LogP contribution in [0.1, 0.15) is 62.4 Å². The third-order valence-corrected chi connectivity index (χ3v) is 4.98. The molecule has 0 aliphatic heterocycles. The maximum absolute atomic E-state index is 12.6. The minimum Gasteiger partial charge on any atom is -0.385 e. The number of carbonyl (C=O) groups is 1. The molecule has 2 atom stereocenters. The molecule has 2 nitrogen and oxygen atoms in total. The molecule has 0 bridgehead atoms. The lowest BCUT2D eigenvalue weighted by molar-refractivity contribution is -0.137. The van der Waals surface area contributed by atoms with Crippen LogP contribution in [-0.4, -0.2) is 17.0 Å². The van der Waals surface area contributed by atoms with Crippen molar-refractivity contribution in [2.75, 3.05) is 0 Å². The summed E-state index contributed by atoms with van der Waals surface area (Å²) in [5, 5.41) is 10.2. The Morgan fingerprint density at radius 3 is 2.24 bits per heavy atom. The quantitative estimate of drug-likeness (QED) is 0.580. The Kier molecular flexibility index (Phi) is 5.77. The van der Waals surface area contributed by atoms with Crippen molar-refractivity contribution in [1.82, 2.24) is 0 Å². The first-order valence-electron chi connectivity index (χ1n) is 8.56. The molecule has 0 radical (unpaired) electrons. The third kappa shape index (κ3) is 5.18. The molecular formula is C20H25F3O2. The van der Waals surface area contributed by atoms with Gasteiger partial charge in [0, 0.05) is 12.0 Å². The predicted molar refractivity (Wildman–Crippen MR) is 91.3 cm³/mol. The van der Waals surface area contributed by atoms with Crippen molar-refractivity contribution in [3.63, 3.8) is 0 Å². The van der Waals surface area contributed by atoms with E-state index in [1.807, 2.05) is 0 Å². The highest BCUT2D eigenvalue weighted by Gasteiger charge is 2.31.